The Balaban J connectivity index is 2.38. The van der Waals surface area contributed by atoms with E-state index in [0.29, 0.717) is 24.3 Å². The molecule has 0 aromatic heterocycles. The molecule has 0 heterocycles. The van der Waals surface area contributed by atoms with Gasteiger partial charge in [0.25, 0.3) is 0 Å². The Morgan fingerprint density at radius 2 is 1.83 bits per heavy atom. The number of halogens is 1. The van der Waals surface area contributed by atoms with E-state index < -0.39 is 10.0 Å². The standard InChI is InChI=1S/C13H26BrNO2S/c1-11(2)7-8-18(16,17)15-10-13-6-4-3-5-12(13)9-14/h11-13,15H,3-10H2,1-2H3. The van der Waals surface area contributed by atoms with Gasteiger partial charge in [-0.25, -0.2) is 13.1 Å². The van der Waals surface area contributed by atoms with Crippen molar-refractivity contribution in [2.75, 3.05) is 17.6 Å². The molecule has 1 saturated carbocycles. The summed E-state index contributed by atoms with van der Waals surface area (Å²) in [5.74, 6) is 1.83. The van der Waals surface area contributed by atoms with Gasteiger partial charge in [0, 0.05) is 11.9 Å². The zero-order valence-corrected chi connectivity index (χ0v) is 13.9. The molecule has 108 valence electrons. The molecule has 0 radical (unpaired) electrons. The Hall–Kier alpha value is 0.390. The number of rotatable bonds is 7. The van der Waals surface area contributed by atoms with Crippen LogP contribution in [0.1, 0.15) is 46.0 Å². The lowest BCUT2D eigenvalue weighted by Crippen LogP contribution is -2.36. The van der Waals surface area contributed by atoms with Gasteiger partial charge in [-0.15, -0.1) is 0 Å². The predicted octanol–water partition coefficient (Wildman–Crippen LogP) is 3.15. The average molecular weight is 340 g/mol. The first-order valence-electron chi connectivity index (χ1n) is 6.98. The highest BCUT2D eigenvalue weighted by molar-refractivity contribution is 9.09. The molecule has 2 atom stereocenters. The van der Waals surface area contributed by atoms with Crippen LogP contribution in [0.5, 0.6) is 0 Å². The van der Waals surface area contributed by atoms with E-state index in [4.69, 9.17) is 0 Å². The highest BCUT2D eigenvalue weighted by atomic mass is 79.9. The average Bonchev–Trinajstić information content (AvgIpc) is 2.34. The third-order valence-electron chi connectivity index (χ3n) is 3.79. The molecule has 5 heteroatoms. The maximum absolute atomic E-state index is 11.8. The summed E-state index contributed by atoms with van der Waals surface area (Å²) in [7, 11) is -3.07. The summed E-state index contributed by atoms with van der Waals surface area (Å²) in [6, 6.07) is 0. The molecule has 18 heavy (non-hydrogen) atoms. The minimum Gasteiger partial charge on any atom is -0.215 e. The van der Waals surface area contributed by atoms with Crippen molar-refractivity contribution in [3.8, 4) is 0 Å². The number of hydrogen-bond acceptors (Lipinski definition) is 2. The third kappa shape index (κ3) is 6.02. The lowest BCUT2D eigenvalue weighted by atomic mass is 9.80. The van der Waals surface area contributed by atoms with Crippen LogP contribution in [0.25, 0.3) is 0 Å². The summed E-state index contributed by atoms with van der Waals surface area (Å²) >= 11 is 3.54. The zero-order chi connectivity index (χ0) is 13.6. The topological polar surface area (TPSA) is 46.2 Å². The number of hydrogen-bond donors (Lipinski definition) is 1. The molecule has 1 aliphatic carbocycles. The van der Waals surface area contributed by atoms with Crippen molar-refractivity contribution >= 4 is 26.0 Å². The molecule has 1 fully saturated rings. The molecule has 0 bridgehead atoms. The first kappa shape index (κ1) is 16.4. The Morgan fingerprint density at radius 3 is 2.39 bits per heavy atom. The van der Waals surface area contributed by atoms with Gasteiger partial charge in [-0.3, -0.25) is 0 Å². The second-order valence-electron chi connectivity index (χ2n) is 5.81. The summed E-state index contributed by atoms with van der Waals surface area (Å²) < 4.78 is 26.5. The van der Waals surface area contributed by atoms with E-state index in [1.54, 1.807) is 0 Å². The summed E-state index contributed by atoms with van der Waals surface area (Å²) in [4.78, 5) is 0. The molecule has 3 nitrogen and oxygen atoms in total. The quantitative estimate of drug-likeness (QED) is 0.724. The van der Waals surface area contributed by atoms with Crippen LogP contribution in [0.15, 0.2) is 0 Å². The summed E-state index contributed by atoms with van der Waals surface area (Å²) in [6.45, 7) is 4.73. The van der Waals surface area contributed by atoms with Crippen LogP contribution in [0.2, 0.25) is 0 Å². The van der Waals surface area contributed by atoms with E-state index in [9.17, 15) is 8.42 Å². The van der Waals surface area contributed by atoms with Crippen molar-refractivity contribution in [2.45, 2.75) is 46.0 Å². The molecule has 0 amide bonds. The van der Waals surface area contributed by atoms with Crippen molar-refractivity contribution in [3.05, 3.63) is 0 Å². The minimum absolute atomic E-state index is 0.260. The van der Waals surface area contributed by atoms with Crippen LogP contribution in [0.4, 0.5) is 0 Å². The lowest BCUT2D eigenvalue weighted by molar-refractivity contribution is 0.263. The molecule has 0 aromatic rings. The molecule has 1 rings (SSSR count). The SMILES string of the molecule is CC(C)CCS(=O)(=O)NCC1CCCCC1CBr. The molecular weight excluding hydrogens is 314 g/mol. The van der Waals surface area contributed by atoms with Crippen LogP contribution in [-0.4, -0.2) is 26.0 Å². The number of nitrogens with one attached hydrogen (secondary N) is 1. The maximum atomic E-state index is 11.8. The molecule has 0 aliphatic heterocycles. The van der Waals surface area contributed by atoms with Crippen molar-refractivity contribution < 1.29 is 8.42 Å². The van der Waals surface area contributed by atoms with E-state index in [1.807, 2.05) is 0 Å². The Morgan fingerprint density at radius 1 is 1.22 bits per heavy atom. The van der Waals surface area contributed by atoms with E-state index >= 15 is 0 Å². The maximum Gasteiger partial charge on any atom is 0.211 e. The van der Waals surface area contributed by atoms with Gasteiger partial charge >= 0.3 is 0 Å². The van der Waals surface area contributed by atoms with E-state index in [0.717, 1.165) is 18.2 Å². The first-order valence-corrected chi connectivity index (χ1v) is 9.75. The van der Waals surface area contributed by atoms with Gasteiger partial charge in [0.2, 0.25) is 10.0 Å². The van der Waals surface area contributed by atoms with E-state index in [-0.39, 0.29) is 5.75 Å². The summed E-state index contributed by atoms with van der Waals surface area (Å²) in [5.41, 5.74) is 0. The van der Waals surface area contributed by atoms with Crippen LogP contribution in [0.3, 0.4) is 0 Å². The molecule has 0 spiro atoms. The normalized spacial score (nSPS) is 25.6. The molecule has 1 aliphatic rings. The predicted molar refractivity (Wildman–Crippen MR) is 80.5 cm³/mol. The van der Waals surface area contributed by atoms with Gasteiger partial charge < -0.3 is 0 Å². The highest BCUT2D eigenvalue weighted by Gasteiger charge is 2.25. The Bertz CT molecular complexity index is 330. The first-order chi connectivity index (χ1) is 8.44. The van der Waals surface area contributed by atoms with Crippen LogP contribution in [-0.2, 0) is 10.0 Å². The summed E-state index contributed by atoms with van der Waals surface area (Å²) in [5, 5.41) is 0.991. The Labute approximate surface area is 120 Å². The highest BCUT2D eigenvalue weighted by Crippen LogP contribution is 2.30. The minimum atomic E-state index is -3.07. The van der Waals surface area contributed by atoms with Gasteiger partial charge in [0.15, 0.2) is 0 Å². The van der Waals surface area contributed by atoms with Crippen molar-refractivity contribution in [1.82, 2.24) is 4.72 Å². The molecule has 2 unspecified atom stereocenters. The monoisotopic (exact) mass is 339 g/mol. The zero-order valence-electron chi connectivity index (χ0n) is 11.5. The third-order valence-corrected chi connectivity index (χ3v) is 6.01. The van der Waals surface area contributed by atoms with Crippen molar-refractivity contribution in [3.63, 3.8) is 0 Å². The van der Waals surface area contributed by atoms with Crippen LogP contribution >= 0.6 is 15.9 Å². The second-order valence-corrected chi connectivity index (χ2v) is 8.38. The molecular formula is C13H26BrNO2S. The smallest absolute Gasteiger partial charge is 0.211 e. The van der Waals surface area contributed by atoms with Crippen LogP contribution in [0, 0.1) is 17.8 Å². The van der Waals surface area contributed by atoms with Gasteiger partial charge in [0.05, 0.1) is 5.75 Å². The molecule has 1 N–H and O–H groups in total. The van der Waals surface area contributed by atoms with Gasteiger partial charge in [0.1, 0.15) is 0 Å². The number of sulfonamides is 1. The number of alkyl halides is 1. The van der Waals surface area contributed by atoms with E-state index in [2.05, 4.69) is 34.5 Å². The second kappa shape index (κ2) is 7.85. The molecule has 0 saturated heterocycles. The van der Waals surface area contributed by atoms with Crippen LogP contribution < -0.4 is 4.72 Å². The van der Waals surface area contributed by atoms with Crippen molar-refractivity contribution in [2.24, 2.45) is 17.8 Å². The van der Waals surface area contributed by atoms with Gasteiger partial charge in [-0.2, -0.15) is 0 Å². The fourth-order valence-electron chi connectivity index (χ4n) is 2.45. The van der Waals surface area contributed by atoms with E-state index in [1.165, 1.54) is 19.3 Å². The summed E-state index contributed by atoms with van der Waals surface area (Å²) in [6.07, 6.45) is 5.64. The fraction of sp³-hybridized carbons (Fsp3) is 1.00. The van der Waals surface area contributed by atoms with Gasteiger partial charge in [-0.05, 0) is 37.0 Å². The molecule has 0 aromatic carbocycles. The lowest BCUT2D eigenvalue weighted by Gasteiger charge is -2.30. The largest absolute Gasteiger partial charge is 0.215 e. The Kier molecular flexibility index (Phi) is 7.17. The van der Waals surface area contributed by atoms with Crippen molar-refractivity contribution in [1.29, 1.82) is 0 Å². The van der Waals surface area contributed by atoms with Gasteiger partial charge in [-0.1, -0.05) is 42.6 Å². The fourth-order valence-corrected chi connectivity index (χ4v) is 4.70.